The molecule has 2 heterocycles. The molecule has 1 aliphatic heterocycles. The standard InChI is InChI=1S/C14H12ClN3/c15-11-7-10-3-4-13(18-5-1-2-6-18)12(8-16)14(10)17-9-11/h3-4,7,9H,1-2,5-6H2. The van der Waals surface area contributed by atoms with Gasteiger partial charge in [0.2, 0.25) is 0 Å². The highest BCUT2D eigenvalue weighted by Gasteiger charge is 2.18. The second-order valence-corrected chi connectivity index (χ2v) is 4.93. The van der Waals surface area contributed by atoms with E-state index < -0.39 is 0 Å². The molecule has 0 bridgehead atoms. The largest absolute Gasteiger partial charge is 0.370 e. The Labute approximate surface area is 111 Å². The average Bonchev–Trinajstić information content (AvgIpc) is 2.90. The minimum absolute atomic E-state index is 0.598. The van der Waals surface area contributed by atoms with Crippen LogP contribution in [0.25, 0.3) is 10.9 Å². The lowest BCUT2D eigenvalue weighted by Gasteiger charge is -2.19. The number of hydrogen-bond acceptors (Lipinski definition) is 3. The van der Waals surface area contributed by atoms with Gasteiger partial charge in [-0.25, -0.2) is 0 Å². The third-order valence-electron chi connectivity index (χ3n) is 3.36. The topological polar surface area (TPSA) is 39.9 Å². The van der Waals surface area contributed by atoms with Gasteiger partial charge in [-0.05, 0) is 25.0 Å². The van der Waals surface area contributed by atoms with Crippen molar-refractivity contribution in [3.63, 3.8) is 0 Å². The fraction of sp³-hybridized carbons (Fsp3) is 0.286. The molecule has 0 spiro atoms. The average molecular weight is 258 g/mol. The summed E-state index contributed by atoms with van der Waals surface area (Å²) in [5, 5.41) is 10.9. The summed E-state index contributed by atoms with van der Waals surface area (Å²) in [4.78, 5) is 6.56. The molecule has 1 fully saturated rings. The Balaban J connectivity index is 2.22. The Bertz CT molecular complexity index is 639. The second-order valence-electron chi connectivity index (χ2n) is 4.49. The number of rotatable bonds is 1. The van der Waals surface area contributed by atoms with Crippen molar-refractivity contribution >= 4 is 28.2 Å². The molecular weight excluding hydrogens is 246 g/mol. The van der Waals surface area contributed by atoms with Crippen molar-refractivity contribution in [2.24, 2.45) is 0 Å². The van der Waals surface area contributed by atoms with Gasteiger partial charge in [0.05, 0.1) is 16.2 Å². The van der Waals surface area contributed by atoms with Crippen LogP contribution in [0.5, 0.6) is 0 Å². The zero-order valence-electron chi connectivity index (χ0n) is 9.86. The third kappa shape index (κ3) is 1.79. The van der Waals surface area contributed by atoms with E-state index in [4.69, 9.17) is 11.6 Å². The molecular formula is C14H12ClN3. The SMILES string of the molecule is N#Cc1c(N2CCCC2)ccc2cc(Cl)cnc12. The number of hydrogen-bond donors (Lipinski definition) is 0. The minimum Gasteiger partial charge on any atom is -0.370 e. The van der Waals surface area contributed by atoms with Gasteiger partial charge in [-0.3, -0.25) is 4.98 Å². The minimum atomic E-state index is 0.598. The van der Waals surface area contributed by atoms with E-state index in [1.807, 2.05) is 18.2 Å². The Morgan fingerprint density at radius 2 is 2.06 bits per heavy atom. The first-order chi connectivity index (χ1) is 8.79. The van der Waals surface area contributed by atoms with E-state index >= 15 is 0 Å². The number of benzene rings is 1. The molecule has 0 aliphatic carbocycles. The third-order valence-corrected chi connectivity index (χ3v) is 3.56. The highest BCUT2D eigenvalue weighted by Crippen LogP contribution is 2.30. The van der Waals surface area contributed by atoms with Gasteiger partial charge in [-0.15, -0.1) is 0 Å². The maximum Gasteiger partial charge on any atom is 0.104 e. The molecule has 4 heteroatoms. The molecule has 3 nitrogen and oxygen atoms in total. The molecule has 1 saturated heterocycles. The van der Waals surface area contributed by atoms with Crippen LogP contribution < -0.4 is 4.90 Å². The van der Waals surface area contributed by atoms with Gasteiger partial charge in [0.15, 0.2) is 0 Å². The van der Waals surface area contributed by atoms with Crippen molar-refractivity contribution in [1.29, 1.82) is 5.26 Å². The van der Waals surface area contributed by atoms with E-state index in [0.717, 1.165) is 29.7 Å². The predicted molar refractivity (Wildman–Crippen MR) is 72.9 cm³/mol. The summed E-state index contributed by atoms with van der Waals surface area (Å²) in [6.45, 7) is 2.04. The Morgan fingerprint density at radius 3 is 2.78 bits per heavy atom. The molecule has 3 rings (SSSR count). The predicted octanol–water partition coefficient (Wildman–Crippen LogP) is 3.36. The van der Waals surface area contributed by atoms with Crippen LogP contribution in [-0.2, 0) is 0 Å². The lowest BCUT2D eigenvalue weighted by Crippen LogP contribution is -2.18. The highest BCUT2D eigenvalue weighted by atomic mass is 35.5. The highest BCUT2D eigenvalue weighted by molar-refractivity contribution is 6.31. The zero-order valence-corrected chi connectivity index (χ0v) is 10.6. The maximum atomic E-state index is 9.40. The van der Waals surface area contributed by atoms with E-state index in [-0.39, 0.29) is 0 Å². The monoisotopic (exact) mass is 257 g/mol. The van der Waals surface area contributed by atoms with Crippen LogP contribution in [0.1, 0.15) is 18.4 Å². The van der Waals surface area contributed by atoms with Crippen LogP contribution in [0.15, 0.2) is 24.4 Å². The smallest absolute Gasteiger partial charge is 0.104 e. The Morgan fingerprint density at radius 1 is 1.28 bits per heavy atom. The number of halogens is 1. The first-order valence-electron chi connectivity index (χ1n) is 6.03. The Kier molecular flexibility index (Phi) is 2.81. The molecule has 0 amide bonds. The number of nitrogens with zero attached hydrogens (tertiary/aromatic N) is 3. The van der Waals surface area contributed by atoms with E-state index in [1.54, 1.807) is 6.20 Å². The summed E-state index contributed by atoms with van der Waals surface area (Å²) in [7, 11) is 0. The summed E-state index contributed by atoms with van der Waals surface area (Å²) in [6.07, 6.45) is 3.98. The fourth-order valence-corrected chi connectivity index (χ4v) is 2.66. The van der Waals surface area contributed by atoms with E-state index in [1.165, 1.54) is 12.8 Å². The zero-order chi connectivity index (χ0) is 12.5. The van der Waals surface area contributed by atoms with Gasteiger partial charge in [-0.2, -0.15) is 5.26 Å². The van der Waals surface area contributed by atoms with E-state index in [0.29, 0.717) is 10.6 Å². The van der Waals surface area contributed by atoms with Crippen LogP contribution in [0, 0.1) is 11.3 Å². The molecule has 0 atom stereocenters. The van der Waals surface area contributed by atoms with Crippen LogP contribution in [-0.4, -0.2) is 18.1 Å². The Hall–Kier alpha value is -1.79. The van der Waals surface area contributed by atoms with Gasteiger partial charge in [0, 0.05) is 24.7 Å². The summed E-state index contributed by atoms with van der Waals surface area (Å²) >= 11 is 5.93. The summed E-state index contributed by atoms with van der Waals surface area (Å²) in [5.74, 6) is 0. The van der Waals surface area contributed by atoms with Crippen LogP contribution in [0.4, 0.5) is 5.69 Å². The molecule has 0 radical (unpaired) electrons. The van der Waals surface area contributed by atoms with Gasteiger partial charge in [-0.1, -0.05) is 17.7 Å². The lowest BCUT2D eigenvalue weighted by atomic mass is 10.1. The molecule has 1 aromatic carbocycles. The lowest BCUT2D eigenvalue weighted by molar-refractivity contribution is 0.949. The first-order valence-corrected chi connectivity index (χ1v) is 6.41. The normalized spacial score (nSPS) is 15.0. The van der Waals surface area contributed by atoms with E-state index in [2.05, 4.69) is 16.0 Å². The van der Waals surface area contributed by atoms with Crippen molar-refractivity contribution in [2.45, 2.75) is 12.8 Å². The van der Waals surface area contributed by atoms with Gasteiger partial charge in [0.1, 0.15) is 11.6 Å². The van der Waals surface area contributed by atoms with Crippen molar-refractivity contribution in [2.75, 3.05) is 18.0 Å². The van der Waals surface area contributed by atoms with Crippen molar-refractivity contribution < 1.29 is 0 Å². The van der Waals surface area contributed by atoms with Gasteiger partial charge >= 0.3 is 0 Å². The molecule has 2 aromatic rings. The maximum absolute atomic E-state index is 9.40. The molecule has 0 unspecified atom stereocenters. The molecule has 0 saturated carbocycles. The van der Waals surface area contributed by atoms with Crippen molar-refractivity contribution in [1.82, 2.24) is 4.98 Å². The second kappa shape index (κ2) is 4.47. The number of nitriles is 1. The summed E-state index contributed by atoms with van der Waals surface area (Å²) in [5.41, 5.74) is 2.40. The number of fused-ring (bicyclic) bond motifs is 1. The molecule has 18 heavy (non-hydrogen) atoms. The molecule has 1 aliphatic rings. The van der Waals surface area contributed by atoms with Crippen molar-refractivity contribution in [3.8, 4) is 6.07 Å². The summed E-state index contributed by atoms with van der Waals surface area (Å²) < 4.78 is 0. The summed E-state index contributed by atoms with van der Waals surface area (Å²) in [6, 6.07) is 8.13. The van der Waals surface area contributed by atoms with E-state index in [9.17, 15) is 5.26 Å². The first kappa shape index (κ1) is 11.3. The molecule has 0 N–H and O–H groups in total. The quantitative estimate of drug-likeness (QED) is 0.786. The number of pyridine rings is 1. The van der Waals surface area contributed by atoms with Gasteiger partial charge < -0.3 is 4.90 Å². The van der Waals surface area contributed by atoms with Gasteiger partial charge in [0.25, 0.3) is 0 Å². The van der Waals surface area contributed by atoms with Crippen LogP contribution >= 0.6 is 11.6 Å². The van der Waals surface area contributed by atoms with Crippen LogP contribution in [0.3, 0.4) is 0 Å². The molecule has 90 valence electrons. The fourth-order valence-electron chi connectivity index (χ4n) is 2.50. The molecule has 1 aromatic heterocycles. The van der Waals surface area contributed by atoms with Crippen molar-refractivity contribution in [3.05, 3.63) is 35.0 Å². The van der Waals surface area contributed by atoms with Crippen LogP contribution in [0.2, 0.25) is 5.02 Å². The number of anilines is 1. The number of aromatic nitrogens is 1.